The van der Waals surface area contributed by atoms with E-state index in [1.54, 1.807) is 6.07 Å². The Balaban J connectivity index is 1.43. The first-order chi connectivity index (χ1) is 18.4. The van der Waals surface area contributed by atoms with E-state index in [0.717, 1.165) is 15.4 Å². The molecule has 4 aromatic carbocycles. The summed E-state index contributed by atoms with van der Waals surface area (Å²) in [7, 11) is -6.21. The van der Waals surface area contributed by atoms with Crippen LogP contribution in [0.2, 0.25) is 5.02 Å². The second kappa shape index (κ2) is 11.1. The van der Waals surface area contributed by atoms with Gasteiger partial charge in [-0.3, -0.25) is 13.8 Å². The number of carbonyl (C=O) groups excluding carboxylic acids is 1. The number of sulfonamides is 2. The van der Waals surface area contributed by atoms with Crippen LogP contribution in [0.1, 0.15) is 21.5 Å². The lowest BCUT2D eigenvalue weighted by Gasteiger charge is -2.20. The molecule has 0 radical (unpaired) electrons. The van der Waals surface area contributed by atoms with E-state index in [0.29, 0.717) is 27.6 Å². The predicted octanol–water partition coefficient (Wildman–Crippen LogP) is 5.84. The standard InChI is InChI=1S/C28H26ClN3O5S2/c1-19-4-5-20(2)27(18-19)31-38(34,35)25-16-10-23(11-17-25)30-28(33)21-6-12-24(13-7-21)32(3)39(36,37)26-14-8-22(29)9-15-26/h4-18,31H,1-3H3,(H,30,33). The molecule has 0 bridgehead atoms. The normalized spacial score (nSPS) is 11.6. The zero-order valence-corrected chi connectivity index (χ0v) is 23.7. The van der Waals surface area contributed by atoms with Crippen molar-refractivity contribution < 1.29 is 21.6 Å². The fourth-order valence-corrected chi connectivity index (χ4v) is 6.14. The summed E-state index contributed by atoms with van der Waals surface area (Å²) in [5, 5.41) is 3.14. The molecule has 0 unspecified atom stereocenters. The van der Waals surface area contributed by atoms with Crippen LogP contribution in [0.15, 0.2) is 101 Å². The molecule has 0 saturated heterocycles. The van der Waals surface area contributed by atoms with Crippen molar-refractivity contribution in [2.24, 2.45) is 0 Å². The lowest BCUT2D eigenvalue weighted by atomic mass is 10.1. The Bertz CT molecular complexity index is 1720. The van der Waals surface area contributed by atoms with Crippen LogP contribution in [-0.4, -0.2) is 29.8 Å². The Kier molecular flexibility index (Phi) is 8.01. The number of hydrogen-bond donors (Lipinski definition) is 2. The van der Waals surface area contributed by atoms with Crippen LogP contribution < -0.4 is 14.3 Å². The third-order valence-corrected chi connectivity index (χ3v) is 9.46. The minimum Gasteiger partial charge on any atom is -0.322 e. The van der Waals surface area contributed by atoms with Crippen LogP contribution in [0.4, 0.5) is 17.1 Å². The smallest absolute Gasteiger partial charge is 0.264 e. The maximum absolute atomic E-state index is 12.9. The summed E-state index contributed by atoms with van der Waals surface area (Å²) in [6.45, 7) is 3.70. The molecule has 4 aromatic rings. The number of benzene rings is 4. The summed E-state index contributed by atoms with van der Waals surface area (Å²) in [6.07, 6.45) is 0. The Labute approximate surface area is 233 Å². The zero-order valence-electron chi connectivity index (χ0n) is 21.3. The number of rotatable bonds is 8. The first-order valence-electron chi connectivity index (χ1n) is 11.7. The topological polar surface area (TPSA) is 113 Å². The molecule has 11 heteroatoms. The van der Waals surface area contributed by atoms with Gasteiger partial charge in [0.05, 0.1) is 21.2 Å². The van der Waals surface area contributed by atoms with Gasteiger partial charge in [0.2, 0.25) is 0 Å². The van der Waals surface area contributed by atoms with Gasteiger partial charge in [0.1, 0.15) is 0 Å². The molecule has 0 aliphatic carbocycles. The number of hydrogen-bond acceptors (Lipinski definition) is 5. The number of amides is 1. The van der Waals surface area contributed by atoms with Crippen molar-refractivity contribution in [3.05, 3.63) is 113 Å². The van der Waals surface area contributed by atoms with Crippen LogP contribution in [0.3, 0.4) is 0 Å². The fourth-order valence-electron chi connectivity index (χ4n) is 3.70. The van der Waals surface area contributed by atoms with E-state index >= 15 is 0 Å². The van der Waals surface area contributed by atoms with Gasteiger partial charge in [-0.1, -0.05) is 23.7 Å². The van der Waals surface area contributed by atoms with Crippen LogP contribution >= 0.6 is 11.6 Å². The van der Waals surface area contributed by atoms with Crippen LogP contribution in [0, 0.1) is 13.8 Å². The van der Waals surface area contributed by atoms with Gasteiger partial charge in [0, 0.05) is 23.3 Å². The zero-order chi connectivity index (χ0) is 28.4. The van der Waals surface area contributed by atoms with Gasteiger partial charge in [-0.15, -0.1) is 0 Å². The van der Waals surface area contributed by atoms with Crippen LogP contribution in [0.25, 0.3) is 0 Å². The number of halogens is 1. The lowest BCUT2D eigenvalue weighted by molar-refractivity contribution is 0.102. The highest BCUT2D eigenvalue weighted by Gasteiger charge is 2.21. The first kappa shape index (κ1) is 28.2. The van der Waals surface area contributed by atoms with E-state index in [2.05, 4.69) is 10.0 Å². The van der Waals surface area contributed by atoms with E-state index < -0.39 is 26.0 Å². The third kappa shape index (κ3) is 6.42. The monoisotopic (exact) mass is 583 g/mol. The van der Waals surface area contributed by atoms with E-state index in [9.17, 15) is 21.6 Å². The molecule has 0 aromatic heterocycles. The molecule has 0 saturated carbocycles. The molecular formula is C28H26ClN3O5S2. The largest absolute Gasteiger partial charge is 0.322 e. The number of aryl methyl sites for hydroxylation is 2. The van der Waals surface area contributed by atoms with Crippen molar-refractivity contribution in [3.8, 4) is 0 Å². The van der Waals surface area contributed by atoms with E-state index in [1.165, 1.54) is 79.8 Å². The molecular weight excluding hydrogens is 558 g/mol. The Hall–Kier alpha value is -3.86. The summed E-state index contributed by atoms with van der Waals surface area (Å²) in [6, 6.07) is 23.2. The van der Waals surface area contributed by atoms with Crippen molar-refractivity contribution >= 4 is 54.6 Å². The molecule has 0 spiro atoms. The van der Waals surface area contributed by atoms with Crippen molar-refractivity contribution in [3.63, 3.8) is 0 Å². The Morgan fingerprint density at radius 1 is 0.769 bits per heavy atom. The molecule has 8 nitrogen and oxygen atoms in total. The SMILES string of the molecule is Cc1ccc(C)c(NS(=O)(=O)c2ccc(NC(=O)c3ccc(N(C)S(=O)(=O)c4ccc(Cl)cc4)cc3)cc2)c1. The Morgan fingerprint density at radius 3 is 1.97 bits per heavy atom. The highest BCUT2D eigenvalue weighted by molar-refractivity contribution is 7.93. The van der Waals surface area contributed by atoms with E-state index in [4.69, 9.17) is 11.6 Å². The second-order valence-electron chi connectivity index (χ2n) is 8.88. The van der Waals surface area contributed by atoms with Crippen molar-refractivity contribution in [2.45, 2.75) is 23.6 Å². The lowest BCUT2D eigenvalue weighted by Crippen LogP contribution is -2.26. The number of carbonyl (C=O) groups is 1. The molecule has 0 fully saturated rings. The van der Waals surface area contributed by atoms with Crippen LogP contribution in [-0.2, 0) is 20.0 Å². The van der Waals surface area contributed by atoms with Crippen LogP contribution in [0.5, 0.6) is 0 Å². The highest BCUT2D eigenvalue weighted by atomic mass is 35.5. The Morgan fingerprint density at radius 2 is 1.36 bits per heavy atom. The summed E-state index contributed by atoms with van der Waals surface area (Å²) >= 11 is 5.85. The minimum absolute atomic E-state index is 0.0516. The van der Waals surface area contributed by atoms with E-state index in [-0.39, 0.29) is 9.79 Å². The van der Waals surface area contributed by atoms with Gasteiger partial charge in [-0.2, -0.15) is 0 Å². The second-order valence-corrected chi connectivity index (χ2v) is 13.0. The maximum Gasteiger partial charge on any atom is 0.264 e. The summed E-state index contributed by atoms with van der Waals surface area (Å²) in [5.74, 6) is -0.436. The van der Waals surface area contributed by atoms with Gasteiger partial charge < -0.3 is 5.32 Å². The average molecular weight is 584 g/mol. The molecule has 0 aliphatic heterocycles. The summed E-state index contributed by atoms with van der Waals surface area (Å²) in [5.41, 5.74) is 3.29. The number of nitrogens with one attached hydrogen (secondary N) is 2. The quantitative estimate of drug-likeness (QED) is 0.271. The van der Waals surface area contributed by atoms with Gasteiger partial charge in [0.25, 0.3) is 26.0 Å². The maximum atomic E-state index is 12.9. The molecule has 39 heavy (non-hydrogen) atoms. The predicted molar refractivity (Wildman–Crippen MR) is 155 cm³/mol. The fraction of sp³-hybridized carbons (Fsp3) is 0.107. The molecule has 2 N–H and O–H groups in total. The van der Waals surface area contributed by atoms with Gasteiger partial charge >= 0.3 is 0 Å². The van der Waals surface area contributed by atoms with Crippen molar-refractivity contribution in [1.82, 2.24) is 0 Å². The molecule has 202 valence electrons. The minimum atomic E-state index is -3.82. The molecule has 1 amide bonds. The highest BCUT2D eigenvalue weighted by Crippen LogP contribution is 2.25. The number of anilines is 3. The number of nitrogens with zero attached hydrogens (tertiary/aromatic N) is 1. The molecule has 0 aliphatic rings. The summed E-state index contributed by atoms with van der Waals surface area (Å²) in [4.78, 5) is 12.9. The van der Waals surface area contributed by atoms with Crippen molar-refractivity contribution in [2.75, 3.05) is 21.4 Å². The van der Waals surface area contributed by atoms with Crippen molar-refractivity contribution in [1.29, 1.82) is 0 Å². The molecule has 0 atom stereocenters. The van der Waals surface area contributed by atoms with Gasteiger partial charge in [0.15, 0.2) is 0 Å². The van der Waals surface area contributed by atoms with E-state index in [1.807, 2.05) is 26.0 Å². The van der Waals surface area contributed by atoms with Gasteiger partial charge in [-0.05, 0) is 104 Å². The first-order valence-corrected chi connectivity index (χ1v) is 15.0. The molecule has 0 heterocycles. The molecule has 4 rings (SSSR count). The third-order valence-electron chi connectivity index (χ3n) is 6.03. The summed E-state index contributed by atoms with van der Waals surface area (Å²) < 4.78 is 55.2. The van der Waals surface area contributed by atoms with Gasteiger partial charge in [-0.25, -0.2) is 16.8 Å². The average Bonchev–Trinajstić information content (AvgIpc) is 2.91.